The first-order valence-corrected chi connectivity index (χ1v) is 6.86. The predicted molar refractivity (Wildman–Crippen MR) is 66.8 cm³/mol. The summed E-state index contributed by atoms with van der Waals surface area (Å²) in [4.78, 5) is 14.3. The van der Waals surface area contributed by atoms with Crippen molar-refractivity contribution in [1.29, 1.82) is 0 Å². The lowest BCUT2D eigenvalue weighted by Crippen LogP contribution is -2.49. The van der Waals surface area contributed by atoms with Gasteiger partial charge >= 0.3 is 0 Å². The number of carbonyl (C=O) groups excluding carboxylic acids is 1. The van der Waals surface area contributed by atoms with Crippen molar-refractivity contribution in [3.63, 3.8) is 0 Å². The van der Waals surface area contributed by atoms with Crippen molar-refractivity contribution >= 4 is 5.91 Å². The van der Waals surface area contributed by atoms with E-state index in [9.17, 15) is 4.79 Å². The van der Waals surface area contributed by atoms with Gasteiger partial charge in [-0.2, -0.15) is 0 Å². The molecule has 2 rings (SSSR count). The Bertz CT molecular complexity index is 262. The molecule has 0 aromatic heterocycles. The average Bonchev–Trinajstić information content (AvgIpc) is 2.76. The van der Waals surface area contributed by atoms with Crippen molar-refractivity contribution in [3.8, 4) is 0 Å². The number of carbonyl (C=O) groups is 1. The van der Waals surface area contributed by atoms with Gasteiger partial charge in [0, 0.05) is 19.7 Å². The van der Waals surface area contributed by atoms with Crippen molar-refractivity contribution in [3.05, 3.63) is 0 Å². The van der Waals surface area contributed by atoms with Gasteiger partial charge in [0.2, 0.25) is 5.91 Å². The molecule has 1 N–H and O–H groups in total. The summed E-state index contributed by atoms with van der Waals surface area (Å²) in [5.41, 5.74) is 0. The fourth-order valence-corrected chi connectivity index (χ4v) is 2.84. The van der Waals surface area contributed by atoms with Crippen LogP contribution in [0.2, 0.25) is 0 Å². The molecule has 2 unspecified atom stereocenters. The van der Waals surface area contributed by atoms with E-state index in [1.807, 2.05) is 11.8 Å². The van der Waals surface area contributed by atoms with Crippen LogP contribution in [0.3, 0.4) is 0 Å². The molecular weight excluding hydrogens is 216 g/mol. The summed E-state index contributed by atoms with van der Waals surface area (Å²) in [6.45, 7) is 7.66. The third-order valence-corrected chi connectivity index (χ3v) is 3.96. The Kier molecular flexibility index (Phi) is 4.40. The van der Waals surface area contributed by atoms with Crippen LogP contribution in [-0.4, -0.2) is 49.2 Å². The quantitative estimate of drug-likeness (QED) is 0.800. The minimum Gasteiger partial charge on any atom is -0.378 e. The molecule has 0 radical (unpaired) electrons. The van der Waals surface area contributed by atoms with Crippen LogP contribution in [0.1, 0.15) is 33.1 Å². The normalized spacial score (nSPS) is 30.8. The molecule has 2 fully saturated rings. The lowest BCUT2D eigenvalue weighted by atomic mass is 10.0. The third-order valence-electron chi connectivity index (χ3n) is 3.96. The molecule has 4 heteroatoms. The second-order valence-electron chi connectivity index (χ2n) is 5.18. The van der Waals surface area contributed by atoms with Gasteiger partial charge in [0.1, 0.15) is 0 Å². The van der Waals surface area contributed by atoms with Gasteiger partial charge < -0.3 is 15.0 Å². The number of piperidine rings is 1. The van der Waals surface area contributed by atoms with Gasteiger partial charge in [-0.1, -0.05) is 6.92 Å². The van der Waals surface area contributed by atoms with E-state index in [0.717, 1.165) is 45.5 Å². The molecule has 0 saturated carbocycles. The zero-order chi connectivity index (χ0) is 12.3. The predicted octanol–water partition coefficient (Wildman–Crippen LogP) is 1.01. The number of rotatable bonds is 3. The van der Waals surface area contributed by atoms with Gasteiger partial charge in [-0.15, -0.1) is 0 Å². The molecule has 2 atom stereocenters. The van der Waals surface area contributed by atoms with E-state index in [4.69, 9.17) is 4.74 Å². The van der Waals surface area contributed by atoms with Crippen molar-refractivity contribution < 1.29 is 9.53 Å². The largest absolute Gasteiger partial charge is 0.378 e. The maximum atomic E-state index is 12.3. The van der Waals surface area contributed by atoms with Crippen molar-refractivity contribution in [2.45, 2.75) is 45.3 Å². The molecule has 0 aromatic rings. The highest BCUT2D eigenvalue weighted by molar-refractivity contribution is 5.82. The van der Waals surface area contributed by atoms with Crippen LogP contribution < -0.4 is 5.32 Å². The molecule has 2 aliphatic heterocycles. The lowest BCUT2D eigenvalue weighted by molar-refractivity contribution is -0.136. The number of amides is 1. The second kappa shape index (κ2) is 5.83. The third kappa shape index (κ3) is 2.99. The van der Waals surface area contributed by atoms with Crippen LogP contribution in [0.4, 0.5) is 0 Å². The average molecular weight is 240 g/mol. The Labute approximate surface area is 104 Å². The van der Waals surface area contributed by atoms with Gasteiger partial charge in [-0.3, -0.25) is 4.79 Å². The first-order valence-electron chi connectivity index (χ1n) is 6.86. The molecular formula is C13H24N2O2. The van der Waals surface area contributed by atoms with E-state index in [1.165, 1.54) is 0 Å². The summed E-state index contributed by atoms with van der Waals surface area (Å²) in [6, 6.07) is 0.0543. The molecule has 2 saturated heterocycles. The van der Waals surface area contributed by atoms with E-state index in [1.54, 1.807) is 0 Å². The molecule has 0 aliphatic carbocycles. The molecule has 17 heavy (non-hydrogen) atoms. The highest BCUT2D eigenvalue weighted by Crippen LogP contribution is 2.20. The van der Waals surface area contributed by atoms with E-state index < -0.39 is 0 Å². The maximum absolute atomic E-state index is 12.3. The van der Waals surface area contributed by atoms with E-state index in [-0.39, 0.29) is 6.04 Å². The molecule has 2 aliphatic rings. The van der Waals surface area contributed by atoms with E-state index >= 15 is 0 Å². The standard InChI is InChI=1S/C13H24N2O2/c1-3-17-11-5-8-15(9-6-11)13(16)12-10(2)4-7-14-12/h10-12,14H,3-9H2,1-2H3. The minimum absolute atomic E-state index is 0.0543. The number of hydrogen-bond acceptors (Lipinski definition) is 3. The Hall–Kier alpha value is -0.610. The van der Waals surface area contributed by atoms with E-state index in [2.05, 4.69) is 12.2 Å². The van der Waals surface area contributed by atoms with Gasteiger partial charge in [0.25, 0.3) is 0 Å². The van der Waals surface area contributed by atoms with Crippen LogP contribution in [0.5, 0.6) is 0 Å². The molecule has 1 amide bonds. The minimum atomic E-state index is 0.0543. The first kappa shape index (κ1) is 12.8. The number of nitrogens with one attached hydrogen (secondary N) is 1. The van der Waals surface area contributed by atoms with Crippen molar-refractivity contribution in [2.75, 3.05) is 26.2 Å². The van der Waals surface area contributed by atoms with Gasteiger partial charge in [0.05, 0.1) is 12.1 Å². The number of hydrogen-bond donors (Lipinski definition) is 1. The van der Waals surface area contributed by atoms with Crippen LogP contribution in [0.15, 0.2) is 0 Å². The summed E-state index contributed by atoms with van der Waals surface area (Å²) in [5.74, 6) is 0.775. The maximum Gasteiger partial charge on any atom is 0.239 e. The highest BCUT2D eigenvalue weighted by Gasteiger charge is 2.34. The molecule has 4 nitrogen and oxygen atoms in total. The monoisotopic (exact) mass is 240 g/mol. The number of likely N-dealkylation sites (tertiary alicyclic amines) is 1. The van der Waals surface area contributed by atoms with Crippen LogP contribution in [-0.2, 0) is 9.53 Å². The smallest absolute Gasteiger partial charge is 0.239 e. The zero-order valence-corrected chi connectivity index (χ0v) is 10.9. The molecule has 0 bridgehead atoms. The fourth-order valence-electron chi connectivity index (χ4n) is 2.84. The lowest BCUT2D eigenvalue weighted by Gasteiger charge is -2.34. The molecule has 2 heterocycles. The Morgan fingerprint density at radius 2 is 2.06 bits per heavy atom. The van der Waals surface area contributed by atoms with E-state index in [0.29, 0.717) is 17.9 Å². The zero-order valence-electron chi connectivity index (χ0n) is 10.9. The Morgan fingerprint density at radius 3 is 2.59 bits per heavy atom. The molecule has 0 aromatic carbocycles. The van der Waals surface area contributed by atoms with Crippen LogP contribution in [0, 0.1) is 5.92 Å². The van der Waals surface area contributed by atoms with Crippen molar-refractivity contribution in [1.82, 2.24) is 10.2 Å². The summed E-state index contributed by atoms with van der Waals surface area (Å²) >= 11 is 0. The SMILES string of the molecule is CCOC1CCN(C(=O)C2NCCC2C)CC1. The molecule has 0 spiro atoms. The van der Waals surface area contributed by atoms with Gasteiger partial charge in [0.15, 0.2) is 0 Å². The highest BCUT2D eigenvalue weighted by atomic mass is 16.5. The summed E-state index contributed by atoms with van der Waals surface area (Å²) < 4.78 is 5.60. The van der Waals surface area contributed by atoms with Crippen molar-refractivity contribution in [2.24, 2.45) is 5.92 Å². The van der Waals surface area contributed by atoms with Gasteiger partial charge in [-0.05, 0) is 38.6 Å². The Balaban J connectivity index is 1.82. The second-order valence-corrected chi connectivity index (χ2v) is 5.18. The topological polar surface area (TPSA) is 41.6 Å². The molecule has 98 valence electrons. The summed E-state index contributed by atoms with van der Waals surface area (Å²) in [7, 11) is 0. The Morgan fingerprint density at radius 1 is 1.35 bits per heavy atom. The fraction of sp³-hybridized carbons (Fsp3) is 0.923. The summed E-state index contributed by atoms with van der Waals surface area (Å²) in [5, 5.41) is 3.32. The summed E-state index contributed by atoms with van der Waals surface area (Å²) in [6.07, 6.45) is 3.45. The van der Waals surface area contributed by atoms with Crippen LogP contribution in [0.25, 0.3) is 0 Å². The number of ether oxygens (including phenoxy) is 1. The number of nitrogens with zero attached hydrogens (tertiary/aromatic N) is 1. The first-order chi connectivity index (χ1) is 8.22. The van der Waals surface area contributed by atoms with Gasteiger partial charge in [-0.25, -0.2) is 0 Å². The van der Waals surface area contributed by atoms with Crippen LogP contribution >= 0.6 is 0 Å².